The number of ether oxygens (including phenoxy) is 1. The first-order valence-electron chi connectivity index (χ1n) is 10.5. The topological polar surface area (TPSA) is 105 Å². The van der Waals surface area contributed by atoms with Gasteiger partial charge in [0.25, 0.3) is 0 Å². The van der Waals surface area contributed by atoms with Gasteiger partial charge in [-0.1, -0.05) is 55.5 Å². The number of hydrogen-bond acceptors (Lipinski definition) is 4. The molecule has 1 fully saturated rings. The first-order chi connectivity index (χ1) is 14.9. The summed E-state index contributed by atoms with van der Waals surface area (Å²) >= 11 is 0. The van der Waals surface area contributed by atoms with Gasteiger partial charge in [-0.25, -0.2) is 4.79 Å². The van der Waals surface area contributed by atoms with E-state index in [1.165, 1.54) is 0 Å². The van der Waals surface area contributed by atoms with Gasteiger partial charge in [0.1, 0.15) is 12.6 Å². The van der Waals surface area contributed by atoms with Gasteiger partial charge in [-0.2, -0.15) is 0 Å². The van der Waals surface area contributed by atoms with E-state index in [-0.39, 0.29) is 12.5 Å². The Morgan fingerprint density at radius 3 is 2.19 bits per heavy atom. The molecule has 0 bridgehead atoms. The van der Waals surface area contributed by atoms with Gasteiger partial charge in [-0.3, -0.25) is 9.59 Å². The fourth-order valence-electron chi connectivity index (χ4n) is 4.20. The molecule has 0 aliphatic heterocycles. The van der Waals surface area contributed by atoms with E-state index in [1.54, 1.807) is 0 Å². The van der Waals surface area contributed by atoms with Gasteiger partial charge in [-0.05, 0) is 40.5 Å². The average Bonchev–Trinajstić information content (AvgIpc) is 3.37. The smallest absolute Gasteiger partial charge is 0.407 e. The summed E-state index contributed by atoms with van der Waals surface area (Å²) in [7, 11) is 0. The second-order valence-corrected chi connectivity index (χ2v) is 8.34. The number of carbonyl (C=O) groups is 3. The van der Waals surface area contributed by atoms with Crippen LogP contribution >= 0.6 is 0 Å². The standard InChI is InChI=1S/C24H26N2O5/c1-14-10-15(14)12-25-23(29)21(11-22(27)28)26-24(30)31-13-20-18-8-4-2-6-16(18)17-7-3-5-9-19(17)20/h2-9,14-15,20-21H,10-13H2,1H3,(H,25,29)(H,26,30)(H,27,28). The normalized spacial score (nSPS) is 19.6. The number of benzene rings is 2. The maximum Gasteiger partial charge on any atom is 0.407 e. The zero-order chi connectivity index (χ0) is 22.0. The van der Waals surface area contributed by atoms with Gasteiger partial charge in [0, 0.05) is 12.5 Å². The summed E-state index contributed by atoms with van der Waals surface area (Å²) in [5, 5.41) is 14.3. The number of aliphatic carboxylic acids is 1. The number of alkyl carbamates (subject to hydrolysis) is 1. The summed E-state index contributed by atoms with van der Waals surface area (Å²) in [5.74, 6) is -0.799. The summed E-state index contributed by atoms with van der Waals surface area (Å²) in [6.45, 7) is 2.68. The third kappa shape index (κ3) is 4.71. The van der Waals surface area contributed by atoms with Crippen molar-refractivity contribution in [2.75, 3.05) is 13.2 Å². The number of amides is 2. The van der Waals surface area contributed by atoms with Gasteiger partial charge < -0.3 is 20.5 Å². The largest absolute Gasteiger partial charge is 0.481 e. The summed E-state index contributed by atoms with van der Waals surface area (Å²) in [6.07, 6.45) is -0.261. The number of carbonyl (C=O) groups excluding carboxylic acids is 2. The molecule has 1 saturated carbocycles. The molecule has 0 radical (unpaired) electrons. The maximum absolute atomic E-state index is 12.4. The molecule has 0 heterocycles. The molecule has 7 nitrogen and oxygen atoms in total. The Labute approximate surface area is 180 Å². The molecule has 2 aliphatic carbocycles. The van der Waals surface area contributed by atoms with Crippen LogP contribution in [-0.2, 0) is 14.3 Å². The van der Waals surface area contributed by atoms with Crippen LogP contribution in [0.1, 0.15) is 36.8 Å². The lowest BCUT2D eigenvalue weighted by molar-refractivity contribution is -0.139. The highest BCUT2D eigenvalue weighted by Gasteiger charge is 2.34. The molecule has 2 aliphatic rings. The Bertz CT molecular complexity index is 959. The molecule has 2 aromatic rings. The Kier molecular flexibility index (Phi) is 5.93. The first kappa shape index (κ1) is 20.9. The summed E-state index contributed by atoms with van der Waals surface area (Å²) in [5.41, 5.74) is 4.39. The van der Waals surface area contributed by atoms with Crippen molar-refractivity contribution in [2.45, 2.75) is 31.7 Å². The van der Waals surface area contributed by atoms with Crippen molar-refractivity contribution in [3.8, 4) is 11.1 Å². The second kappa shape index (κ2) is 8.79. The lowest BCUT2D eigenvalue weighted by Gasteiger charge is -2.18. The predicted molar refractivity (Wildman–Crippen MR) is 115 cm³/mol. The van der Waals surface area contributed by atoms with Crippen molar-refractivity contribution < 1.29 is 24.2 Å². The lowest BCUT2D eigenvalue weighted by Crippen LogP contribution is -2.48. The van der Waals surface area contributed by atoms with Crippen LogP contribution in [-0.4, -0.2) is 42.3 Å². The van der Waals surface area contributed by atoms with E-state index >= 15 is 0 Å². The van der Waals surface area contributed by atoms with Crippen LogP contribution < -0.4 is 10.6 Å². The molecular formula is C24H26N2O5. The number of hydrogen-bond donors (Lipinski definition) is 3. The van der Waals surface area contributed by atoms with E-state index in [0.29, 0.717) is 18.4 Å². The van der Waals surface area contributed by atoms with Crippen LogP contribution in [0.25, 0.3) is 11.1 Å². The third-order valence-corrected chi connectivity index (χ3v) is 6.15. The van der Waals surface area contributed by atoms with Gasteiger partial charge in [0.05, 0.1) is 6.42 Å². The Morgan fingerprint density at radius 2 is 1.65 bits per heavy atom. The predicted octanol–water partition coefficient (Wildman–Crippen LogP) is 3.14. The Morgan fingerprint density at radius 1 is 1.06 bits per heavy atom. The summed E-state index contributed by atoms with van der Waals surface area (Å²) in [6, 6.07) is 14.8. The molecule has 0 saturated heterocycles. The van der Waals surface area contributed by atoms with Gasteiger partial charge >= 0.3 is 12.1 Å². The van der Waals surface area contributed by atoms with E-state index < -0.39 is 30.4 Å². The molecular weight excluding hydrogens is 396 g/mol. The van der Waals surface area contributed by atoms with Crippen molar-refractivity contribution in [1.29, 1.82) is 0 Å². The highest BCUT2D eigenvalue weighted by molar-refractivity contribution is 5.89. The molecule has 0 aromatic heterocycles. The van der Waals surface area contributed by atoms with Crippen molar-refractivity contribution in [3.05, 3.63) is 59.7 Å². The van der Waals surface area contributed by atoms with Gasteiger partial charge in [0.2, 0.25) is 5.91 Å². The number of carboxylic acid groups (broad SMARTS) is 1. The van der Waals surface area contributed by atoms with Crippen LogP contribution in [0.2, 0.25) is 0 Å². The zero-order valence-electron chi connectivity index (χ0n) is 17.3. The maximum atomic E-state index is 12.4. The van der Waals surface area contributed by atoms with E-state index in [4.69, 9.17) is 9.84 Å². The second-order valence-electron chi connectivity index (χ2n) is 8.34. The quantitative estimate of drug-likeness (QED) is 0.606. The molecule has 3 unspecified atom stereocenters. The molecule has 7 heteroatoms. The molecule has 4 rings (SSSR count). The number of fused-ring (bicyclic) bond motifs is 3. The van der Waals surface area contributed by atoms with Crippen LogP contribution in [0, 0.1) is 11.8 Å². The number of carboxylic acids is 1. The van der Waals surface area contributed by atoms with Crippen LogP contribution in [0.3, 0.4) is 0 Å². The SMILES string of the molecule is CC1CC1CNC(=O)C(CC(=O)O)NC(=O)OCC1c2ccccc2-c2ccccc21. The molecule has 3 N–H and O–H groups in total. The lowest BCUT2D eigenvalue weighted by atomic mass is 9.98. The summed E-state index contributed by atoms with van der Waals surface area (Å²) in [4.78, 5) is 36.0. The van der Waals surface area contributed by atoms with Crippen LogP contribution in [0.5, 0.6) is 0 Å². The van der Waals surface area contributed by atoms with Crippen molar-refractivity contribution in [1.82, 2.24) is 10.6 Å². The number of nitrogens with one attached hydrogen (secondary N) is 2. The van der Waals surface area contributed by atoms with E-state index in [9.17, 15) is 14.4 Å². The summed E-state index contributed by atoms with van der Waals surface area (Å²) < 4.78 is 5.43. The van der Waals surface area contributed by atoms with E-state index in [1.807, 2.05) is 48.5 Å². The molecule has 31 heavy (non-hydrogen) atoms. The first-order valence-corrected chi connectivity index (χ1v) is 10.5. The fraction of sp³-hybridized carbons (Fsp3) is 0.375. The molecule has 2 aromatic carbocycles. The minimum absolute atomic E-state index is 0.0981. The van der Waals surface area contributed by atoms with Crippen molar-refractivity contribution in [3.63, 3.8) is 0 Å². The van der Waals surface area contributed by atoms with Crippen molar-refractivity contribution >= 4 is 18.0 Å². The zero-order valence-corrected chi connectivity index (χ0v) is 17.3. The molecule has 2 amide bonds. The minimum atomic E-state index is -1.18. The van der Waals surface area contributed by atoms with E-state index in [2.05, 4.69) is 17.6 Å². The van der Waals surface area contributed by atoms with Crippen molar-refractivity contribution in [2.24, 2.45) is 11.8 Å². The highest BCUT2D eigenvalue weighted by atomic mass is 16.5. The molecule has 0 spiro atoms. The van der Waals surface area contributed by atoms with E-state index in [0.717, 1.165) is 28.7 Å². The average molecular weight is 422 g/mol. The monoisotopic (exact) mass is 422 g/mol. The molecule has 162 valence electrons. The Hall–Kier alpha value is -3.35. The molecule has 3 atom stereocenters. The van der Waals surface area contributed by atoms with Gasteiger partial charge in [0.15, 0.2) is 0 Å². The number of rotatable bonds is 8. The minimum Gasteiger partial charge on any atom is -0.481 e. The highest BCUT2D eigenvalue weighted by Crippen LogP contribution is 2.44. The van der Waals surface area contributed by atoms with Gasteiger partial charge in [-0.15, -0.1) is 0 Å². The van der Waals surface area contributed by atoms with Crippen LogP contribution in [0.15, 0.2) is 48.5 Å². The van der Waals surface area contributed by atoms with Crippen LogP contribution in [0.4, 0.5) is 4.79 Å². The Balaban J connectivity index is 1.38. The fourth-order valence-corrected chi connectivity index (χ4v) is 4.20. The third-order valence-electron chi connectivity index (χ3n) is 6.15.